The van der Waals surface area contributed by atoms with Crippen LogP contribution in [-0.4, -0.2) is 69.3 Å². The molecule has 0 saturated carbocycles. The van der Waals surface area contributed by atoms with Crippen LogP contribution in [0, 0.1) is 0 Å². The first-order valence-electron chi connectivity index (χ1n) is 7.83. The number of hydrogen-bond donors (Lipinski definition) is 2. The Morgan fingerprint density at radius 3 is 2.71 bits per heavy atom. The van der Waals surface area contributed by atoms with E-state index in [4.69, 9.17) is 5.11 Å². The molecule has 21 heavy (non-hydrogen) atoms. The molecular formula is C15H24N4O2. The molecule has 2 heterocycles. The number of amides is 1. The van der Waals surface area contributed by atoms with E-state index in [0.717, 1.165) is 30.5 Å². The van der Waals surface area contributed by atoms with Crippen LogP contribution in [0.5, 0.6) is 0 Å². The molecule has 1 aromatic rings. The zero-order valence-electron chi connectivity index (χ0n) is 12.8. The summed E-state index contributed by atoms with van der Waals surface area (Å²) in [7, 11) is 0. The molecule has 3 rings (SSSR count). The van der Waals surface area contributed by atoms with Gasteiger partial charge in [-0.1, -0.05) is 0 Å². The Morgan fingerprint density at radius 1 is 1.33 bits per heavy atom. The lowest BCUT2D eigenvalue weighted by Crippen LogP contribution is -2.58. The lowest BCUT2D eigenvalue weighted by Gasteiger charge is -2.44. The number of rotatable bonds is 3. The van der Waals surface area contributed by atoms with Crippen molar-refractivity contribution in [2.24, 2.45) is 0 Å². The van der Waals surface area contributed by atoms with Gasteiger partial charge in [-0.2, -0.15) is 5.10 Å². The minimum atomic E-state index is 0.0525. The summed E-state index contributed by atoms with van der Waals surface area (Å²) in [5.74, 6) is 0.0525. The van der Waals surface area contributed by atoms with Gasteiger partial charge < -0.3 is 10.0 Å². The number of aliphatic hydroxyl groups excluding tert-OH is 1. The molecule has 2 N–H and O–H groups in total. The largest absolute Gasteiger partial charge is 0.395 e. The normalized spacial score (nSPS) is 26.1. The van der Waals surface area contributed by atoms with Gasteiger partial charge in [-0.15, -0.1) is 0 Å². The number of piperazine rings is 1. The van der Waals surface area contributed by atoms with Gasteiger partial charge >= 0.3 is 0 Å². The van der Waals surface area contributed by atoms with Crippen LogP contribution in [0.4, 0.5) is 0 Å². The number of β-amino-alcohol motifs (C(OH)–C–C–N with tert-alkyl or cyclic N) is 1. The molecule has 1 aliphatic carbocycles. The van der Waals surface area contributed by atoms with Crippen LogP contribution in [0.25, 0.3) is 0 Å². The number of H-pyrrole nitrogens is 1. The van der Waals surface area contributed by atoms with Crippen molar-refractivity contribution in [3.05, 3.63) is 17.0 Å². The first-order valence-corrected chi connectivity index (χ1v) is 7.83. The minimum Gasteiger partial charge on any atom is -0.395 e. The zero-order valence-corrected chi connectivity index (χ0v) is 12.8. The van der Waals surface area contributed by atoms with E-state index in [1.807, 2.05) is 4.90 Å². The highest BCUT2D eigenvalue weighted by molar-refractivity contribution is 5.94. The maximum Gasteiger partial charge on any atom is 0.274 e. The van der Waals surface area contributed by atoms with E-state index in [2.05, 4.69) is 28.9 Å². The van der Waals surface area contributed by atoms with Gasteiger partial charge in [0.25, 0.3) is 5.91 Å². The summed E-state index contributed by atoms with van der Waals surface area (Å²) in [5.41, 5.74) is 2.88. The van der Waals surface area contributed by atoms with Crippen molar-refractivity contribution >= 4 is 5.91 Å². The van der Waals surface area contributed by atoms with E-state index in [1.54, 1.807) is 0 Å². The van der Waals surface area contributed by atoms with Gasteiger partial charge in [-0.05, 0) is 33.1 Å². The van der Waals surface area contributed by atoms with Crippen LogP contribution in [0.3, 0.4) is 0 Å². The highest BCUT2D eigenvalue weighted by Crippen LogP contribution is 2.25. The highest BCUT2D eigenvalue weighted by atomic mass is 16.3. The third-order valence-electron chi connectivity index (χ3n) is 4.76. The van der Waals surface area contributed by atoms with Gasteiger partial charge in [0.1, 0.15) is 0 Å². The number of carbonyl (C=O) groups is 1. The topological polar surface area (TPSA) is 72.5 Å². The molecule has 1 saturated heterocycles. The Kier molecular flexibility index (Phi) is 3.99. The fourth-order valence-corrected chi connectivity index (χ4v) is 3.72. The van der Waals surface area contributed by atoms with Crippen molar-refractivity contribution in [3.8, 4) is 0 Å². The summed E-state index contributed by atoms with van der Waals surface area (Å²) < 4.78 is 0. The standard InChI is InChI=1S/C15H24N4O2/c1-10-8-18(9-11(2)19(10)6-7-20)15(21)14-12-4-3-5-13(12)16-17-14/h10-11,20H,3-9H2,1-2H3,(H,16,17)/t10-,11+. The minimum absolute atomic E-state index is 0.0525. The fourth-order valence-electron chi connectivity index (χ4n) is 3.72. The van der Waals surface area contributed by atoms with Crippen LogP contribution in [-0.2, 0) is 12.8 Å². The Balaban J connectivity index is 1.74. The number of nitrogens with one attached hydrogen (secondary N) is 1. The molecule has 1 aromatic heterocycles. The van der Waals surface area contributed by atoms with Gasteiger partial charge in [0.05, 0.1) is 6.61 Å². The van der Waals surface area contributed by atoms with Crippen LogP contribution in [0.1, 0.15) is 42.0 Å². The molecule has 2 aliphatic rings. The number of nitrogens with zero attached hydrogens (tertiary/aromatic N) is 3. The SMILES string of the molecule is C[C@@H]1CN(C(=O)c2n[nH]c3c2CCC3)C[C@H](C)N1CCO. The van der Waals surface area contributed by atoms with E-state index in [9.17, 15) is 4.79 Å². The second-order valence-electron chi connectivity index (χ2n) is 6.25. The molecule has 0 aromatic carbocycles. The lowest BCUT2D eigenvalue weighted by atomic mass is 10.1. The number of fused-ring (bicyclic) bond motifs is 1. The quantitative estimate of drug-likeness (QED) is 0.847. The molecule has 0 bridgehead atoms. The monoisotopic (exact) mass is 292 g/mol. The van der Waals surface area contributed by atoms with Gasteiger partial charge in [-0.25, -0.2) is 0 Å². The molecule has 6 heteroatoms. The number of aromatic amines is 1. The molecule has 0 spiro atoms. The second kappa shape index (κ2) is 5.77. The third-order valence-corrected chi connectivity index (χ3v) is 4.76. The smallest absolute Gasteiger partial charge is 0.274 e. The average Bonchev–Trinajstić information content (AvgIpc) is 3.04. The average molecular weight is 292 g/mol. The molecule has 0 unspecified atom stereocenters. The Bertz CT molecular complexity index is 516. The van der Waals surface area contributed by atoms with Crippen molar-refractivity contribution < 1.29 is 9.90 Å². The third kappa shape index (κ3) is 2.58. The lowest BCUT2D eigenvalue weighted by molar-refractivity contribution is 0.0232. The van der Waals surface area contributed by atoms with Crippen LogP contribution in [0.2, 0.25) is 0 Å². The molecule has 1 amide bonds. The number of aromatic nitrogens is 2. The fraction of sp³-hybridized carbons (Fsp3) is 0.733. The molecule has 116 valence electrons. The van der Waals surface area contributed by atoms with E-state index >= 15 is 0 Å². The Hall–Kier alpha value is -1.40. The molecular weight excluding hydrogens is 268 g/mol. The number of aliphatic hydroxyl groups is 1. The molecule has 0 radical (unpaired) electrons. The number of hydrogen-bond acceptors (Lipinski definition) is 4. The maximum atomic E-state index is 12.8. The molecule has 2 atom stereocenters. The summed E-state index contributed by atoms with van der Waals surface area (Å²) >= 11 is 0. The molecule has 1 fully saturated rings. The van der Waals surface area contributed by atoms with Crippen LogP contribution in [0.15, 0.2) is 0 Å². The summed E-state index contributed by atoms with van der Waals surface area (Å²) in [6.07, 6.45) is 3.08. The van der Waals surface area contributed by atoms with Crippen molar-refractivity contribution in [2.75, 3.05) is 26.2 Å². The second-order valence-corrected chi connectivity index (χ2v) is 6.25. The van der Waals surface area contributed by atoms with Crippen molar-refractivity contribution in [1.29, 1.82) is 0 Å². The predicted molar refractivity (Wildman–Crippen MR) is 79.2 cm³/mol. The zero-order chi connectivity index (χ0) is 15.0. The van der Waals surface area contributed by atoms with E-state index in [0.29, 0.717) is 25.3 Å². The maximum absolute atomic E-state index is 12.8. The summed E-state index contributed by atoms with van der Waals surface area (Å²) in [6.45, 7) is 6.45. The number of carbonyl (C=O) groups excluding carboxylic acids is 1. The van der Waals surface area contributed by atoms with E-state index < -0.39 is 0 Å². The van der Waals surface area contributed by atoms with Crippen molar-refractivity contribution in [2.45, 2.75) is 45.2 Å². The van der Waals surface area contributed by atoms with E-state index in [-0.39, 0.29) is 24.6 Å². The Morgan fingerprint density at radius 2 is 2.05 bits per heavy atom. The summed E-state index contributed by atoms with van der Waals surface area (Å²) in [4.78, 5) is 16.9. The molecule has 6 nitrogen and oxygen atoms in total. The first kappa shape index (κ1) is 14.5. The predicted octanol–water partition coefficient (Wildman–Crippen LogP) is 0.425. The molecule has 1 aliphatic heterocycles. The first-order chi connectivity index (χ1) is 10.1. The van der Waals surface area contributed by atoms with Gasteiger partial charge in [0.15, 0.2) is 5.69 Å². The highest BCUT2D eigenvalue weighted by Gasteiger charge is 2.34. The van der Waals surface area contributed by atoms with Crippen LogP contribution < -0.4 is 0 Å². The van der Waals surface area contributed by atoms with Crippen molar-refractivity contribution in [3.63, 3.8) is 0 Å². The van der Waals surface area contributed by atoms with Gasteiger partial charge in [0, 0.05) is 43.0 Å². The summed E-state index contributed by atoms with van der Waals surface area (Å²) in [5, 5.41) is 16.4. The summed E-state index contributed by atoms with van der Waals surface area (Å²) in [6, 6.07) is 0.522. The number of aryl methyl sites for hydroxylation is 1. The van der Waals surface area contributed by atoms with E-state index in [1.165, 1.54) is 0 Å². The van der Waals surface area contributed by atoms with Crippen LogP contribution >= 0.6 is 0 Å². The van der Waals surface area contributed by atoms with Gasteiger partial charge in [-0.3, -0.25) is 14.8 Å². The Labute approximate surface area is 125 Å². The van der Waals surface area contributed by atoms with Gasteiger partial charge in [0.2, 0.25) is 0 Å². The van der Waals surface area contributed by atoms with Crippen molar-refractivity contribution in [1.82, 2.24) is 20.0 Å².